The zero-order valence-corrected chi connectivity index (χ0v) is 4.69. The van der Waals surface area contributed by atoms with Crippen molar-refractivity contribution in [3.05, 3.63) is 18.8 Å². The second kappa shape index (κ2) is 3.85. The first-order valence-electron chi connectivity index (χ1n) is 2.37. The fraction of sp³-hybridized carbons (Fsp3) is 0.500. The summed E-state index contributed by atoms with van der Waals surface area (Å²) in [5.74, 6) is 0.451. The minimum absolute atomic E-state index is 0.451. The highest BCUT2D eigenvalue weighted by atomic mass is 19.1. The van der Waals surface area contributed by atoms with E-state index in [0.29, 0.717) is 12.6 Å². The number of rotatable bonds is 2. The molecule has 0 heterocycles. The third-order valence-corrected chi connectivity index (χ3v) is 0.569. The number of allylic oxidation sites excluding steroid dienone is 2. The van der Waals surface area contributed by atoms with Crippen LogP contribution < -0.4 is 0 Å². The second-order valence-electron chi connectivity index (χ2n) is 1.75. The largest absolute Gasteiger partial charge is 0.239 e. The lowest BCUT2D eigenvalue weighted by Gasteiger charge is -1.87. The lowest BCUT2D eigenvalue weighted by Crippen LogP contribution is -1.74. The molecule has 0 bridgehead atoms. The van der Waals surface area contributed by atoms with E-state index in [1.165, 1.54) is 6.08 Å². The van der Waals surface area contributed by atoms with Gasteiger partial charge in [0.15, 0.2) is 6.67 Å². The zero-order valence-electron chi connectivity index (χ0n) is 4.69. The zero-order chi connectivity index (χ0) is 5.70. The van der Waals surface area contributed by atoms with E-state index >= 15 is 0 Å². The predicted molar refractivity (Wildman–Crippen MR) is 29.4 cm³/mol. The Hall–Kier alpha value is -0.330. The van der Waals surface area contributed by atoms with Crippen molar-refractivity contribution < 1.29 is 4.39 Å². The van der Waals surface area contributed by atoms with Crippen LogP contribution in [0.4, 0.5) is 4.39 Å². The maximum Gasteiger partial charge on any atom is 0.153 e. The summed E-state index contributed by atoms with van der Waals surface area (Å²) >= 11 is 0. The van der Waals surface area contributed by atoms with Crippen molar-refractivity contribution in [1.29, 1.82) is 0 Å². The summed E-state index contributed by atoms with van der Waals surface area (Å²) in [6.07, 6.45) is 3.20. The van der Waals surface area contributed by atoms with Crippen LogP contribution in [0.2, 0.25) is 0 Å². The molecule has 0 aliphatic carbocycles. The standard InChI is InChI=1S/C6H10F/c1-6(2)4-3-5-7/h3-6H,1-2H3. The molecule has 0 spiro atoms. The van der Waals surface area contributed by atoms with Gasteiger partial charge in [-0.3, -0.25) is 0 Å². The van der Waals surface area contributed by atoms with E-state index in [4.69, 9.17) is 0 Å². The van der Waals surface area contributed by atoms with Gasteiger partial charge in [0.2, 0.25) is 0 Å². The van der Waals surface area contributed by atoms with E-state index in [1.807, 2.05) is 13.8 Å². The molecule has 0 amide bonds. The highest BCUT2D eigenvalue weighted by Gasteiger charge is 1.79. The summed E-state index contributed by atoms with van der Waals surface area (Å²) in [6, 6.07) is 0. The van der Waals surface area contributed by atoms with Crippen molar-refractivity contribution in [3.63, 3.8) is 0 Å². The van der Waals surface area contributed by atoms with Gasteiger partial charge in [-0.1, -0.05) is 26.0 Å². The first-order valence-corrected chi connectivity index (χ1v) is 2.37. The van der Waals surface area contributed by atoms with Crippen LogP contribution in [0.1, 0.15) is 13.8 Å². The van der Waals surface area contributed by atoms with E-state index in [0.717, 1.165) is 0 Å². The fourth-order valence-corrected chi connectivity index (χ4v) is 0.264. The molecule has 0 rings (SSSR count). The summed E-state index contributed by atoms with van der Waals surface area (Å²) in [6.45, 7) is 4.54. The Labute approximate surface area is 44.0 Å². The normalized spacial score (nSPS) is 11.4. The van der Waals surface area contributed by atoms with Crippen LogP contribution in [-0.4, -0.2) is 0 Å². The van der Waals surface area contributed by atoms with Gasteiger partial charge in [-0.2, -0.15) is 0 Å². The van der Waals surface area contributed by atoms with E-state index in [-0.39, 0.29) is 0 Å². The van der Waals surface area contributed by atoms with Crippen LogP contribution in [-0.2, 0) is 0 Å². The van der Waals surface area contributed by atoms with Crippen LogP contribution in [0.15, 0.2) is 12.2 Å². The molecule has 0 unspecified atom stereocenters. The van der Waals surface area contributed by atoms with E-state index < -0.39 is 0 Å². The molecule has 7 heavy (non-hydrogen) atoms. The highest BCUT2D eigenvalue weighted by Crippen LogP contribution is 1.93. The van der Waals surface area contributed by atoms with E-state index in [9.17, 15) is 4.39 Å². The van der Waals surface area contributed by atoms with Crippen LogP contribution in [0.3, 0.4) is 0 Å². The molecule has 0 aromatic rings. The molecule has 0 aromatic heterocycles. The third kappa shape index (κ3) is 5.67. The monoisotopic (exact) mass is 101 g/mol. The Balaban J connectivity index is 3.08. The van der Waals surface area contributed by atoms with Crippen LogP contribution >= 0.6 is 0 Å². The van der Waals surface area contributed by atoms with Gasteiger partial charge < -0.3 is 0 Å². The van der Waals surface area contributed by atoms with Gasteiger partial charge >= 0.3 is 0 Å². The molecule has 0 aliphatic rings. The van der Waals surface area contributed by atoms with Crippen molar-refractivity contribution in [1.82, 2.24) is 0 Å². The van der Waals surface area contributed by atoms with Gasteiger partial charge in [0.1, 0.15) is 0 Å². The maximum absolute atomic E-state index is 11.1. The number of hydrogen-bond donors (Lipinski definition) is 0. The van der Waals surface area contributed by atoms with Crippen LogP contribution in [0.5, 0.6) is 0 Å². The Morgan fingerprint density at radius 2 is 2.00 bits per heavy atom. The average Bonchev–Trinajstić information content (AvgIpc) is 1.61. The fourth-order valence-electron chi connectivity index (χ4n) is 0.264. The van der Waals surface area contributed by atoms with Crippen molar-refractivity contribution in [3.8, 4) is 0 Å². The molecule has 0 saturated carbocycles. The summed E-state index contributed by atoms with van der Waals surface area (Å²) in [5.41, 5.74) is 0. The summed E-state index contributed by atoms with van der Waals surface area (Å²) in [5, 5.41) is 0. The van der Waals surface area contributed by atoms with Crippen molar-refractivity contribution in [2.24, 2.45) is 5.92 Å². The van der Waals surface area contributed by atoms with Gasteiger partial charge in [0, 0.05) is 0 Å². The predicted octanol–water partition coefficient (Wildman–Crippen LogP) is 2.33. The van der Waals surface area contributed by atoms with Gasteiger partial charge in [-0.05, 0) is 5.92 Å². The summed E-state index contributed by atoms with van der Waals surface area (Å²) in [4.78, 5) is 0. The number of hydrogen-bond acceptors (Lipinski definition) is 0. The molecule has 1 heteroatoms. The molecule has 0 fully saturated rings. The third-order valence-electron chi connectivity index (χ3n) is 0.569. The van der Waals surface area contributed by atoms with E-state index in [1.54, 1.807) is 6.08 Å². The SMILES string of the molecule is CC(C)C=C[CH]F. The molecular weight excluding hydrogens is 91.1 g/mol. The minimum atomic E-state index is 0.451. The molecule has 41 valence electrons. The molecule has 0 aromatic carbocycles. The molecule has 0 N–H and O–H groups in total. The van der Waals surface area contributed by atoms with Crippen LogP contribution in [0.25, 0.3) is 0 Å². The number of halogens is 1. The lowest BCUT2D eigenvalue weighted by molar-refractivity contribution is 0.652. The quantitative estimate of drug-likeness (QED) is 0.500. The van der Waals surface area contributed by atoms with Gasteiger partial charge in [0.25, 0.3) is 0 Å². The first kappa shape index (κ1) is 6.67. The van der Waals surface area contributed by atoms with Crippen molar-refractivity contribution >= 4 is 0 Å². The van der Waals surface area contributed by atoms with Crippen molar-refractivity contribution in [2.45, 2.75) is 13.8 Å². The Kier molecular flexibility index (Phi) is 3.67. The summed E-state index contributed by atoms with van der Waals surface area (Å²) < 4.78 is 11.1. The van der Waals surface area contributed by atoms with Gasteiger partial charge in [0.05, 0.1) is 0 Å². The smallest absolute Gasteiger partial charge is 0.153 e. The molecule has 0 nitrogen and oxygen atoms in total. The second-order valence-corrected chi connectivity index (χ2v) is 1.75. The first-order chi connectivity index (χ1) is 3.27. The molecule has 0 saturated heterocycles. The van der Waals surface area contributed by atoms with E-state index in [2.05, 4.69) is 0 Å². The Bertz CT molecular complexity index is 55.2. The van der Waals surface area contributed by atoms with Crippen LogP contribution in [0, 0.1) is 12.6 Å². The lowest BCUT2D eigenvalue weighted by atomic mass is 10.2. The molecule has 0 aliphatic heterocycles. The van der Waals surface area contributed by atoms with Crippen molar-refractivity contribution in [2.75, 3.05) is 0 Å². The maximum atomic E-state index is 11.1. The summed E-state index contributed by atoms with van der Waals surface area (Å²) in [7, 11) is 0. The Morgan fingerprint density at radius 1 is 1.43 bits per heavy atom. The minimum Gasteiger partial charge on any atom is -0.239 e. The molecule has 0 atom stereocenters. The van der Waals surface area contributed by atoms with Gasteiger partial charge in [-0.25, -0.2) is 4.39 Å². The van der Waals surface area contributed by atoms with Gasteiger partial charge in [-0.15, -0.1) is 0 Å². The Morgan fingerprint density at radius 3 is 2.14 bits per heavy atom. The molecule has 1 radical (unpaired) electrons. The molecular formula is C6H10F. The average molecular weight is 101 g/mol. The topological polar surface area (TPSA) is 0 Å². The highest BCUT2D eigenvalue weighted by molar-refractivity contribution is 4.89.